The van der Waals surface area contributed by atoms with Gasteiger partial charge in [0.2, 0.25) is 11.8 Å². The first kappa shape index (κ1) is 19.6. The average Bonchev–Trinajstić information content (AvgIpc) is 3.20. The molecule has 10 nitrogen and oxygen atoms in total. The maximum absolute atomic E-state index is 9.36. The van der Waals surface area contributed by atoms with Crippen molar-refractivity contribution in [2.45, 2.75) is 18.9 Å². The SMILES string of the molecule is COc1nc(Nc2cnc(C#N)c(OC3CCCNC3)c2)ncc1-c1cnn(C)c1. The molecule has 1 atom stereocenters. The van der Waals surface area contributed by atoms with E-state index in [1.54, 1.807) is 36.4 Å². The van der Waals surface area contributed by atoms with Crippen LogP contribution in [0.4, 0.5) is 11.6 Å². The van der Waals surface area contributed by atoms with Gasteiger partial charge in [-0.05, 0) is 19.4 Å². The Morgan fingerprint density at radius 2 is 2.20 bits per heavy atom. The fourth-order valence-electron chi connectivity index (χ4n) is 3.26. The normalized spacial score (nSPS) is 16.0. The number of hydrogen-bond acceptors (Lipinski definition) is 9. The summed E-state index contributed by atoms with van der Waals surface area (Å²) < 4.78 is 13.1. The highest BCUT2D eigenvalue weighted by Crippen LogP contribution is 2.29. The van der Waals surface area contributed by atoms with Crippen molar-refractivity contribution in [2.75, 3.05) is 25.5 Å². The number of nitrogens with one attached hydrogen (secondary N) is 2. The van der Waals surface area contributed by atoms with Crippen molar-refractivity contribution in [3.05, 3.63) is 36.5 Å². The molecule has 3 aromatic heterocycles. The molecule has 1 aliphatic rings. The van der Waals surface area contributed by atoms with Crippen molar-refractivity contribution >= 4 is 11.6 Å². The Labute approximate surface area is 173 Å². The summed E-state index contributed by atoms with van der Waals surface area (Å²) in [6.07, 6.45) is 8.80. The molecule has 4 heterocycles. The molecule has 1 saturated heterocycles. The van der Waals surface area contributed by atoms with Crippen molar-refractivity contribution in [1.29, 1.82) is 5.26 Å². The third-order valence-corrected chi connectivity index (χ3v) is 4.72. The first-order chi connectivity index (χ1) is 14.7. The molecule has 2 N–H and O–H groups in total. The summed E-state index contributed by atoms with van der Waals surface area (Å²) in [7, 11) is 3.40. The number of hydrogen-bond donors (Lipinski definition) is 2. The van der Waals surface area contributed by atoms with Gasteiger partial charge in [-0.1, -0.05) is 0 Å². The zero-order valence-electron chi connectivity index (χ0n) is 16.8. The molecule has 1 aliphatic heterocycles. The lowest BCUT2D eigenvalue weighted by Crippen LogP contribution is -2.37. The average molecular weight is 406 g/mol. The Morgan fingerprint density at radius 1 is 1.30 bits per heavy atom. The quantitative estimate of drug-likeness (QED) is 0.633. The number of methoxy groups -OCH3 is 1. The van der Waals surface area contributed by atoms with E-state index in [9.17, 15) is 5.26 Å². The second-order valence-corrected chi connectivity index (χ2v) is 6.91. The van der Waals surface area contributed by atoms with E-state index in [0.717, 1.165) is 37.1 Å². The summed E-state index contributed by atoms with van der Waals surface area (Å²) in [6, 6.07) is 3.82. The zero-order valence-corrected chi connectivity index (χ0v) is 16.8. The molecule has 0 amide bonds. The van der Waals surface area contributed by atoms with E-state index >= 15 is 0 Å². The number of pyridine rings is 1. The van der Waals surface area contributed by atoms with E-state index in [1.165, 1.54) is 0 Å². The number of aromatic nitrogens is 5. The Morgan fingerprint density at radius 3 is 2.90 bits per heavy atom. The molecule has 0 aliphatic carbocycles. The number of aryl methyl sites for hydroxylation is 1. The lowest BCUT2D eigenvalue weighted by Gasteiger charge is -2.24. The number of rotatable bonds is 6. The first-order valence-corrected chi connectivity index (χ1v) is 9.61. The Hall–Kier alpha value is -3.71. The third kappa shape index (κ3) is 4.31. The molecule has 0 saturated carbocycles. The molecule has 30 heavy (non-hydrogen) atoms. The van der Waals surface area contributed by atoms with Gasteiger partial charge in [0, 0.05) is 37.6 Å². The molecule has 0 aromatic carbocycles. The molecular weight excluding hydrogens is 384 g/mol. The van der Waals surface area contributed by atoms with Crippen LogP contribution >= 0.6 is 0 Å². The minimum atomic E-state index is 0.0120. The molecule has 1 unspecified atom stereocenters. The second-order valence-electron chi connectivity index (χ2n) is 6.91. The van der Waals surface area contributed by atoms with Crippen LogP contribution in [0, 0.1) is 11.3 Å². The molecule has 4 rings (SSSR count). The van der Waals surface area contributed by atoms with Crippen LogP contribution in [0.2, 0.25) is 0 Å². The van der Waals surface area contributed by atoms with Gasteiger partial charge in [-0.2, -0.15) is 15.3 Å². The summed E-state index contributed by atoms with van der Waals surface area (Å²) in [5, 5.41) is 19.9. The van der Waals surface area contributed by atoms with Crippen molar-refractivity contribution in [3.8, 4) is 28.8 Å². The van der Waals surface area contributed by atoms with Crippen LogP contribution in [0.3, 0.4) is 0 Å². The first-order valence-electron chi connectivity index (χ1n) is 9.61. The zero-order chi connectivity index (χ0) is 20.9. The van der Waals surface area contributed by atoms with Gasteiger partial charge in [-0.25, -0.2) is 9.97 Å². The predicted molar refractivity (Wildman–Crippen MR) is 110 cm³/mol. The van der Waals surface area contributed by atoms with Gasteiger partial charge in [0.15, 0.2) is 11.4 Å². The van der Waals surface area contributed by atoms with Crippen molar-refractivity contribution in [1.82, 2.24) is 30.0 Å². The van der Waals surface area contributed by atoms with E-state index in [4.69, 9.17) is 9.47 Å². The fourth-order valence-corrected chi connectivity index (χ4v) is 3.26. The summed E-state index contributed by atoms with van der Waals surface area (Å²) in [4.78, 5) is 13.0. The highest BCUT2D eigenvalue weighted by molar-refractivity contribution is 5.68. The number of nitrogens with zero attached hydrogens (tertiary/aromatic N) is 6. The highest BCUT2D eigenvalue weighted by atomic mass is 16.5. The van der Waals surface area contributed by atoms with E-state index in [0.29, 0.717) is 23.3 Å². The van der Waals surface area contributed by atoms with Crippen LogP contribution in [0.25, 0.3) is 11.1 Å². The van der Waals surface area contributed by atoms with Crippen molar-refractivity contribution in [2.24, 2.45) is 7.05 Å². The van der Waals surface area contributed by atoms with E-state index in [2.05, 4.69) is 36.8 Å². The van der Waals surface area contributed by atoms with Crippen LogP contribution in [0.1, 0.15) is 18.5 Å². The molecule has 0 spiro atoms. The summed E-state index contributed by atoms with van der Waals surface area (Å²) >= 11 is 0. The highest BCUT2D eigenvalue weighted by Gasteiger charge is 2.18. The number of anilines is 2. The predicted octanol–water partition coefficient (Wildman–Crippen LogP) is 2.03. The standard InChI is InChI=1S/C20H22N8O2/c1-28-12-13(8-25-28)16-11-24-20(27-19(16)29-2)26-14-6-18(17(7-21)23-9-14)30-15-4-3-5-22-10-15/h6,8-9,11-12,15,22H,3-5,10H2,1-2H3,(H,24,26,27). The fraction of sp³-hybridized carbons (Fsp3) is 0.350. The molecular formula is C20H22N8O2. The summed E-state index contributed by atoms with van der Waals surface area (Å²) in [6.45, 7) is 1.73. The Bertz CT molecular complexity index is 1070. The van der Waals surface area contributed by atoms with Gasteiger partial charge in [0.1, 0.15) is 12.2 Å². The van der Waals surface area contributed by atoms with Gasteiger partial charge >= 0.3 is 0 Å². The second kappa shape index (κ2) is 8.75. The number of ether oxygens (including phenoxy) is 2. The van der Waals surface area contributed by atoms with Gasteiger partial charge in [0.05, 0.1) is 30.8 Å². The molecule has 10 heteroatoms. The van der Waals surface area contributed by atoms with Crippen LogP contribution < -0.4 is 20.1 Å². The Balaban J connectivity index is 1.56. The molecule has 0 radical (unpaired) electrons. The molecule has 1 fully saturated rings. The number of piperidine rings is 1. The van der Waals surface area contributed by atoms with Crippen LogP contribution in [-0.4, -0.2) is 51.0 Å². The van der Waals surface area contributed by atoms with Crippen molar-refractivity contribution in [3.63, 3.8) is 0 Å². The van der Waals surface area contributed by atoms with E-state index in [1.807, 2.05) is 13.2 Å². The Kier molecular flexibility index (Phi) is 5.72. The van der Waals surface area contributed by atoms with E-state index < -0.39 is 0 Å². The summed E-state index contributed by atoms with van der Waals surface area (Å²) in [5.74, 6) is 1.21. The molecule has 3 aromatic rings. The number of nitriles is 1. The van der Waals surface area contributed by atoms with Gasteiger partial charge in [-0.3, -0.25) is 4.68 Å². The van der Waals surface area contributed by atoms with Gasteiger partial charge in [0.25, 0.3) is 0 Å². The minimum absolute atomic E-state index is 0.0120. The maximum atomic E-state index is 9.36. The van der Waals surface area contributed by atoms with Gasteiger partial charge in [-0.15, -0.1) is 0 Å². The van der Waals surface area contributed by atoms with Crippen molar-refractivity contribution < 1.29 is 9.47 Å². The van der Waals surface area contributed by atoms with E-state index in [-0.39, 0.29) is 11.8 Å². The lowest BCUT2D eigenvalue weighted by atomic mass is 10.1. The molecule has 154 valence electrons. The molecule has 0 bridgehead atoms. The minimum Gasteiger partial charge on any atom is -0.486 e. The topological polar surface area (TPSA) is 123 Å². The summed E-state index contributed by atoms with van der Waals surface area (Å²) in [5.41, 5.74) is 2.46. The van der Waals surface area contributed by atoms with Crippen LogP contribution in [0.5, 0.6) is 11.6 Å². The van der Waals surface area contributed by atoms with Crippen LogP contribution in [-0.2, 0) is 7.05 Å². The monoisotopic (exact) mass is 406 g/mol. The van der Waals surface area contributed by atoms with Gasteiger partial charge < -0.3 is 20.1 Å². The maximum Gasteiger partial charge on any atom is 0.230 e. The largest absolute Gasteiger partial charge is 0.486 e. The van der Waals surface area contributed by atoms with Crippen LogP contribution in [0.15, 0.2) is 30.9 Å². The smallest absolute Gasteiger partial charge is 0.230 e. The lowest BCUT2D eigenvalue weighted by molar-refractivity contribution is 0.166. The third-order valence-electron chi connectivity index (χ3n) is 4.72.